The lowest BCUT2D eigenvalue weighted by molar-refractivity contribution is -0.121. The highest BCUT2D eigenvalue weighted by molar-refractivity contribution is 5.75. The molecule has 1 aliphatic rings. The number of carbonyl (C=O) groups is 1. The van der Waals surface area contributed by atoms with Crippen molar-refractivity contribution in [2.45, 2.75) is 70.2 Å². The Balaban J connectivity index is 1.78. The number of aliphatic hydroxyl groups is 3. The summed E-state index contributed by atoms with van der Waals surface area (Å²) in [6, 6.07) is 10.1. The first-order valence-electron chi connectivity index (χ1n) is 11.2. The first-order chi connectivity index (χ1) is 14.5. The molecule has 1 aromatic carbocycles. The van der Waals surface area contributed by atoms with Crippen LogP contribution in [0.3, 0.4) is 0 Å². The summed E-state index contributed by atoms with van der Waals surface area (Å²) in [5, 5.41) is 33.8. The molecule has 0 saturated heterocycles. The van der Waals surface area contributed by atoms with Crippen molar-refractivity contribution in [1.29, 1.82) is 0 Å². The van der Waals surface area contributed by atoms with E-state index in [1.807, 2.05) is 55.5 Å². The van der Waals surface area contributed by atoms with E-state index in [9.17, 15) is 20.1 Å². The maximum atomic E-state index is 11.4. The van der Waals surface area contributed by atoms with Crippen LogP contribution in [0.25, 0.3) is 0 Å². The average Bonchev–Trinajstić information content (AvgIpc) is 3.00. The number of benzene rings is 1. The number of carbonyl (C=O) groups excluding carboxylic acids is 1. The van der Waals surface area contributed by atoms with Crippen LogP contribution < -0.4 is 5.32 Å². The summed E-state index contributed by atoms with van der Waals surface area (Å²) in [6.45, 7) is 2.57. The first-order valence-corrected chi connectivity index (χ1v) is 11.2. The molecule has 30 heavy (non-hydrogen) atoms. The number of unbranched alkanes of at least 4 members (excludes halogenated alkanes) is 1. The van der Waals surface area contributed by atoms with E-state index < -0.39 is 18.3 Å². The van der Waals surface area contributed by atoms with E-state index in [2.05, 4.69) is 5.32 Å². The third kappa shape index (κ3) is 8.42. The van der Waals surface area contributed by atoms with Gasteiger partial charge in [-0.1, -0.05) is 54.6 Å². The van der Waals surface area contributed by atoms with Crippen LogP contribution in [0, 0.1) is 11.8 Å². The quantitative estimate of drug-likeness (QED) is 0.312. The molecule has 0 aromatic heterocycles. The van der Waals surface area contributed by atoms with Crippen molar-refractivity contribution in [1.82, 2.24) is 5.32 Å². The fourth-order valence-corrected chi connectivity index (χ4v) is 4.06. The minimum Gasteiger partial charge on any atom is -0.393 e. The molecule has 1 aliphatic carbocycles. The Morgan fingerprint density at radius 3 is 2.70 bits per heavy atom. The second kappa shape index (κ2) is 13.4. The number of amides is 1. The third-order valence-electron chi connectivity index (χ3n) is 5.77. The highest BCUT2D eigenvalue weighted by atomic mass is 16.3. The van der Waals surface area contributed by atoms with Gasteiger partial charge in [0.25, 0.3) is 0 Å². The number of hydrogen-bond acceptors (Lipinski definition) is 4. The molecule has 0 bridgehead atoms. The van der Waals surface area contributed by atoms with Crippen molar-refractivity contribution in [3.8, 4) is 0 Å². The molecule has 166 valence electrons. The molecule has 0 unspecified atom stereocenters. The number of rotatable bonds is 12. The summed E-state index contributed by atoms with van der Waals surface area (Å²) < 4.78 is 0. The third-order valence-corrected chi connectivity index (χ3v) is 5.77. The van der Waals surface area contributed by atoms with Gasteiger partial charge >= 0.3 is 0 Å². The lowest BCUT2D eigenvalue weighted by Gasteiger charge is -2.19. The van der Waals surface area contributed by atoms with Crippen molar-refractivity contribution >= 4 is 5.91 Å². The monoisotopic (exact) mass is 415 g/mol. The van der Waals surface area contributed by atoms with Gasteiger partial charge in [-0.3, -0.25) is 4.79 Å². The zero-order valence-corrected chi connectivity index (χ0v) is 18.0. The second-order valence-electron chi connectivity index (χ2n) is 8.14. The fourth-order valence-electron chi connectivity index (χ4n) is 4.06. The summed E-state index contributed by atoms with van der Waals surface area (Å²) in [5.74, 6) is -0.139. The molecule has 4 N–H and O–H groups in total. The normalized spacial score (nSPS) is 25.2. The molecule has 1 saturated carbocycles. The molecule has 0 aliphatic heterocycles. The molecule has 1 amide bonds. The molecular formula is C25H37NO4. The first kappa shape index (κ1) is 24.3. The maximum absolute atomic E-state index is 11.4. The molecular weight excluding hydrogens is 378 g/mol. The van der Waals surface area contributed by atoms with Gasteiger partial charge < -0.3 is 20.6 Å². The van der Waals surface area contributed by atoms with E-state index in [4.69, 9.17) is 0 Å². The maximum Gasteiger partial charge on any atom is 0.219 e. The van der Waals surface area contributed by atoms with E-state index in [-0.39, 0.29) is 17.7 Å². The Hall–Kier alpha value is -1.95. The van der Waals surface area contributed by atoms with Crippen molar-refractivity contribution < 1.29 is 20.1 Å². The number of aryl methyl sites for hydroxylation is 1. The predicted molar refractivity (Wildman–Crippen MR) is 120 cm³/mol. The van der Waals surface area contributed by atoms with Crippen LogP contribution in [-0.4, -0.2) is 46.1 Å². The van der Waals surface area contributed by atoms with Gasteiger partial charge in [0.15, 0.2) is 0 Å². The lowest BCUT2D eigenvalue weighted by Crippen LogP contribution is -2.21. The van der Waals surface area contributed by atoms with Crippen LogP contribution in [0.2, 0.25) is 0 Å². The standard InChI is InChI=1S/C25H37NO4/c1-2-26-25(30)13-9-4-3-8-12-21-22(24(29)18-23(21)28)17-16-20(27)15-14-19-10-6-5-7-11-19/h3,5-8,10-11,16-17,20-24,27-29H,2,4,9,12-15,18H2,1H3,(H,26,30)/b8-3?,17-16+/t20-,21+,22+,23-,24+/m0/s1. The van der Waals surface area contributed by atoms with Crippen LogP contribution in [0.15, 0.2) is 54.6 Å². The number of aliphatic hydroxyl groups excluding tert-OH is 3. The Labute approximate surface area is 180 Å². The Kier molecular flexibility index (Phi) is 10.8. The van der Waals surface area contributed by atoms with E-state index >= 15 is 0 Å². The average molecular weight is 416 g/mol. The zero-order chi connectivity index (χ0) is 21.8. The van der Waals surface area contributed by atoms with Crippen molar-refractivity contribution in [2.75, 3.05) is 6.54 Å². The van der Waals surface area contributed by atoms with Gasteiger partial charge in [-0.25, -0.2) is 0 Å². The highest BCUT2D eigenvalue weighted by Crippen LogP contribution is 2.36. The van der Waals surface area contributed by atoms with E-state index in [0.717, 1.165) is 19.3 Å². The van der Waals surface area contributed by atoms with Crippen molar-refractivity contribution in [3.05, 3.63) is 60.2 Å². The van der Waals surface area contributed by atoms with Gasteiger partial charge in [-0.15, -0.1) is 0 Å². The van der Waals surface area contributed by atoms with Gasteiger partial charge in [0.2, 0.25) is 5.91 Å². The SMILES string of the molecule is CCNC(=O)CCCC=CC[C@@H]1[C@@H](/C=C/[C@@H](O)CCc2ccccc2)[C@H](O)C[C@@H]1O. The largest absolute Gasteiger partial charge is 0.393 e. The molecule has 1 aromatic rings. The summed E-state index contributed by atoms with van der Waals surface area (Å²) in [6.07, 6.45) is 10.6. The predicted octanol–water partition coefficient (Wildman–Crippen LogP) is 3.15. The van der Waals surface area contributed by atoms with E-state index in [1.54, 1.807) is 6.08 Å². The molecule has 5 nitrogen and oxygen atoms in total. The van der Waals surface area contributed by atoms with Crippen LogP contribution in [0.1, 0.15) is 51.0 Å². The second-order valence-corrected chi connectivity index (χ2v) is 8.14. The van der Waals surface area contributed by atoms with Gasteiger partial charge in [0.05, 0.1) is 18.3 Å². The minimum absolute atomic E-state index is 0.0581. The Morgan fingerprint density at radius 2 is 1.97 bits per heavy atom. The summed E-state index contributed by atoms with van der Waals surface area (Å²) in [7, 11) is 0. The number of hydrogen-bond donors (Lipinski definition) is 4. The summed E-state index contributed by atoms with van der Waals surface area (Å²) in [5.41, 5.74) is 1.19. The molecule has 1 fully saturated rings. The minimum atomic E-state index is -0.589. The highest BCUT2D eigenvalue weighted by Gasteiger charge is 2.39. The smallest absolute Gasteiger partial charge is 0.219 e. The van der Waals surface area contributed by atoms with Crippen LogP contribution in [-0.2, 0) is 11.2 Å². The Morgan fingerprint density at radius 1 is 1.20 bits per heavy atom. The van der Waals surface area contributed by atoms with Crippen molar-refractivity contribution in [3.63, 3.8) is 0 Å². The summed E-state index contributed by atoms with van der Waals surface area (Å²) >= 11 is 0. The zero-order valence-electron chi connectivity index (χ0n) is 18.0. The molecule has 2 rings (SSSR count). The van der Waals surface area contributed by atoms with E-state index in [1.165, 1.54) is 5.56 Å². The van der Waals surface area contributed by atoms with Gasteiger partial charge in [0.1, 0.15) is 0 Å². The number of nitrogens with one attached hydrogen (secondary N) is 1. The van der Waals surface area contributed by atoms with Crippen molar-refractivity contribution in [2.24, 2.45) is 11.8 Å². The van der Waals surface area contributed by atoms with Crippen LogP contribution in [0.4, 0.5) is 0 Å². The molecule has 0 radical (unpaired) electrons. The lowest BCUT2D eigenvalue weighted by atomic mass is 9.89. The topological polar surface area (TPSA) is 89.8 Å². The van der Waals surface area contributed by atoms with Gasteiger partial charge in [-0.05, 0) is 50.5 Å². The van der Waals surface area contributed by atoms with Gasteiger partial charge in [0, 0.05) is 25.3 Å². The summed E-state index contributed by atoms with van der Waals surface area (Å²) in [4.78, 5) is 11.4. The molecule has 5 atom stereocenters. The van der Waals surface area contributed by atoms with Crippen LogP contribution >= 0.6 is 0 Å². The van der Waals surface area contributed by atoms with Crippen LogP contribution in [0.5, 0.6) is 0 Å². The molecule has 0 heterocycles. The van der Waals surface area contributed by atoms with Gasteiger partial charge in [-0.2, -0.15) is 0 Å². The fraction of sp³-hybridized carbons (Fsp3) is 0.560. The molecule has 0 spiro atoms. The Bertz CT molecular complexity index is 673. The van der Waals surface area contributed by atoms with E-state index in [0.29, 0.717) is 32.2 Å². The number of allylic oxidation sites excluding steroid dienone is 2. The molecule has 5 heteroatoms.